The molecule has 1 aliphatic rings. The van der Waals surface area contributed by atoms with Crippen molar-refractivity contribution in [2.24, 2.45) is 0 Å². The zero-order valence-electron chi connectivity index (χ0n) is 6.55. The highest BCUT2D eigenvalue weighted by molar-refractivity contribution is 5.66. The molecule has 1 aliphatic heterocycles. The van der Waals surface area contributed by atoms with Crippen LogP contribution in [0.5, 0.6) is 0 Å². The molecule has 0 amide bonds. The van der Waals surface area contributed by atoms with Crippen molar-refractivity contribution in [1.82, 2.24) is 5.12 Å². The van der Waals surface area contributed by atoms with Crippen LogP contribution in [-0.4, -0.2) is 30.3 Å². The molecule has 0 aliphatic carbocycles. The second kappa shape index (κ2) is 3.67. The number of carbonyl (C=O) groups is 1. The molecule has 4 heteroatoms. The molecule has 0 spiro atoms. The Balaban J connectivity index is 2.22. The van der Waals surface area contributed by atoms with E-state index >= 15 is 0 Å². The van der Waals surface area contributed by atoms with Crippen molar-refractivity contribution < 1.29 is 14.0 Å². The molecule has 0 radical (unpaired) electrons. The van der Waals surface area contributed by atoms with E-state index in [1.807, 2.05) is 0 Å². The van der Waals surface area contributed by atoms with Crippen molar-refractivity contribution in [1.29, 1.82) is 0 Å². The number of rotatable bonds is 1. The molecule has 1 fully saturated rings. The first kappa shape index (κ1) is 8.46. The van der Waals surface area contributed by atoms with Gasteiger partial charge in [0, 0.05) is 20.0 Å². The highest BCUT2D eigenvalue weighted by Crippen LogP contribution is 2.13. The lowest BCUT2D eigenvalue weighted by Crippen LogP contribution is -2.32. The lowest BCUT2D eigenvalue weighted by atomic mass is 10.1. The van der Waals surface area contributed by atoms with Gasteiger partial charge in [0.1, 0.15) is 6.10 Å². The number of hydrogen-bond donors (Lipinski definition) is 0. The Kier molecular flexibility index (Phi) is 2.82. The van der Waals surface area contributed by atoms with E-state index in [0.29, 0.717) is 25.9 Å². The monoisotopic (exact) mass is 161 g/mol. The van der Waals surface area contributed by atoms with Crippen LogP contribution in [0.1, 0.15) is 19.8 Å². The normalized spacial score (nSPS) is 21.6. The van der Waals surface area contributed by atoms with Gasteiger partial charge in [0.05, 0.1) is 0 Å². The Morgan fingerprint density at radius 1 is 1.55 bits per heavy atom. The number of carbonyl (C=O) groups excluding carboxylic acids is 1. The zero-order valence-corrected chi connectivity index (χ0v) is 6.55. The average Bonchev–Trinajstić information content (AvgIpc) is 1.93. The first-order chi connectivity index (χ1) is 5.18. The molecule has 64 valence electrons. The zero-order chi connectivity index (χ0) is 8.27. The van der Waals surface area contributed by atoms with E-state index in [2.05, 4.69) is 0 Å². The highest BCUT2D eigenvalue weighted by Gasteiger charge is 2.20. The van der Waals surface area contributed by atoms with Crippen molar-refractivity contribution in [2.45, 2.75) is 25.9 Å². The molecule has 0 N–H and O–H groups in total. The fourth-order valence-electron chi connectivity index (χ4n) is 1.18. The molecule has 0 aromatic rings. The summed E-state index contributed by atoms with van der Waals surface area (Å²) in [7, 11) is 0. The van der Waals surface area contributed by atoms with Gasteiger partial charge in [0.25, 0.3) is 0 Å². The van der Waals surface area contributed by atoms with E-state index < -0.39 is 0 Å². The SMILES string of the molecule is CC(=O)OC1CCN(F)CC1. The summed E-state index contributed by atoms with van der Waals surface area (Å²) in [5, 5.41) is 0.750. The van der Waals surface area contributed by atoms with Crippen LogP contribution in [0.2, 0.25) is 0 Å². The lowest BCUT2D eigenvalue weighted by molar-refractivity contribution is -0.150. The molecular formula is C7H12FNO2. The third kappa shape index (κ3) is 2.84. The first-order valence-corrected chi connectivity index (χ1v) is 3.76. The summed E-state index contributed by atoms with van der Waals surface area (Å²) in [4.78, 5) is 10.5. The smallest absolute Gasteiger partial charge is 0.302 e. The summed E-state index contributed by atoms with van der Waals surface area (Å²) in [6.45, 7) is 2.12. The van der Waals surface area contributed by atoms with Gasteiger partial charge in [-0.05, 0) is 12.8 Å². The van der Waals surface area contributed by atoms with Crippen LogP contribution in [0.15, 0.2) is 0 Å². The van der Waals surface area contributed by atoms with E-state index in [4.69, 9.17) is 4.74 Å². The number of hydrogen-bond acceptors (Lipinski definition) is 3. The summed E-state index contributed by atoms with van der Waals surface area (Å²) in [5.41, 5.74) is 0. The van der Waals surface area contributed by atoms with Crippen LogP contribution < -0.4 is 0 Å². The predicted octanol–water partition coefficient (Wildman–Crippen LogP) is 0.898. The first-order valence-electron chi connectivity index (χ1n) is 3.76. The Bertz CT molecular complexity index is 143. The minimum atomic E-state index is -0.276. The minimum Gasteiger partial charge on any atom is -0.462 e. The van der Waals surface area contributed by atoms with E-state index in [1.54, 1.807) is 0 Å². The number of ether oxygens (including phenoxy) is 1. The van der Waals surface area contributed by atoms with Crippen molar-refractivity contribution in [3.63, 3.8) is 0 Å². The van der Waals surface area contributed by atoms with Gasteiger partial charge in [-0.1, -0.05) is 0 Å². The molecule has 0 atom stereocenters. The summed E-state index contributed by atoms with van der Waals surface area (Å²) in [5.74, 6) is -0.276. The van der Waals surface area contributed by atoms with Crippen molar-refractivity contribution in [2.75, 3.05) is 13.1 Å². The molecule has 3 nitrogen and oxygen atoms in total. The van der Waals surface area contributed by atoms with E-state index in [0.717, 1.165) is 5.12 Å². The maximum Gasteiger partial charge on any atom is 0.302 e. The number of nitrogens with zero attached hydrogens (tertiary/aromatic N) is 1. The van der Waals surface area contributed by atoms with Gasteiger partial charge >= 0.3 is 5.97 Å². The number of esters is 1. The molecule has 0 saturated carbocycles. The lowest BCUT2D eigenvalue weighted by Gasteiger charge is -2.24. The van der Waals surface area contributed by atoms with Crippen LogP contribution in [0, 0.1) is 0 Å². The van der Waals surface area contributed by atoms with Gasteiger partial charge in [-0.3, -0.25) is 4.79 Å². The molecular weight excluding hydrogens is 149 g/mol. The second-order valence-corrected chi connectivity index (χ2v) is 2.72. The van der Waals surface area contributed by atoms with Crippen molar-refractivity contribution in [3.05, 3.63) is 0 Å². The quantitative estimate of drug-likeness (QED) is 0.422. The predicted molar refractivity (Wildman–Crippen MR) is 37.5 cm³/mol. The third-order valence-corrected chi connectivity index (χ3v) is 1.72. The second-order valence-electron chi connectivity index (χ2n) is 2.72. The molecule has 1 heterocycles. The average molecular weight is 161 g/mol. The van der Waals surface area contributed by atoms with Crippen LogP contribution in [-0.2, 0) is 9.53 Å². The summed E-state index contributed by atoms with van der Waals surface area (Å²) >= 11 is 0. The largest absolute Gasteiger partial charge is 0.462 e. The fraction of sp³-hybridized carbons (Fsp3) is 0.857. The minimum absolute atomic E-state index is 0.0699. The van der Waals surface area contributed by atoms with E-state index in [9.17, 15) is 9.28 Å². The van der Waals surface area contributed by atoms with Gasteiger partial charge in [-0.15, -0.1) is 9.60 Å². The van der Waals surface area contributed by atoms with E-state index in [1.165, 1.54) is 6.92 Å². The van der Waals surface area contributed by atoms with Gasteiger partial charge in [-0.2, -0.15) is 0 Å². The van der Waals surface area contributed by atoms with Gasteiger partial charge in [0.15, 0.2) is 0 Å². The van der Waals surface area contributed by atoms with Crippen LogP contribution in [0.4, 0.5) is 4.48 Å². The molecule has 11 heavy (non-hydrogen) atoms. The third-order valence-electron chi connectivity index (χ3n) is 1.72. The fourth-order valence-corrected chi connectivity index (χ4v) is 1.18. The van der Waals surface area contributed by atoms with Crippen LogP contribution in [0.25, 0.3) is 0 Å². The highest BCUT2D eigenvalue weighted by atomic mass is 19.2. The maximum atomic E-state index is 12.4. The molecule has 0 aromatic heterocycles. The summed E-state index contributed by atoms with van der Waals surface area (Å²) in [6, 6.07) is 0. The molecule has 0 unspecified atom stereocenters. The maximum absolute atomic E-state index is 12.4. The Hall–Kier alpha value is -0.640. The topological polar surface area (TPSA) is 29.5 Å². The molecule has 1 rings (SSSR count). The molecule has 0 bridgehead atoms. The Morgan fingerprint density at radius 2 is 2.09 bits per heavy atom. The van der Waals surface area contributed by atoms with Crippen LogP contribution >= 0.6 is 0 Å². The molecule has 1 saturated heterocycles. The van der Waals surface area contributed by atoms with Gasteiger partial charge < -0.3 is 4.74 Å². The number of halogens is 1. The van der Waals surface area contributed by atoms with Gasteiger partial charge in [0.2, 0.25) is 0 Å². The molecule has 0 aromatic carbocycles. The van der Waals surface area contributed by atoms with E-state index in [-0.39, 0.29) is 12.1 Å². The summed E-state index contributed by atoms with van der Waals surface area (Å²) in [6.07, 6.45) is 1.14. The van der Waals surface area contributed by atoms with Crippen molar-refractivity contribution in [3.8, 4) is 0 Å². The summed E-state index contributed by atoms with van der Waals surface area (Å²) < 4.78 is 17.3. The van der Waals surface area contributed by atoms with Crippen LogP contribution in [0.3, 0.4) is 0 Å². The number of piperidine rings is 1. The Morgan fingerprint density at radius 3 is 2.55 bits per heavy atom. The standard InChI is InChI=1S/C7H12FNO2/c1-6(10)11-7-2-4-9(8)5-3-7/h7H,2-5H2,1H3. The van der Waals surface area contributed by atoms with Crippen molar-refractivity contribution >= 4 is 5.97 Å². The van der Waals surface area contributed by atoms with Gasteiger partial charge in [-0.25, -0.2) is 0 Å². The Labute approximate surface area is 65.1 Å².